The summed E-state index contributed by atoms with van der Waals surface area (Å²) in [6, 6.07) is 6.72. The Morgan fingerprint density at radius 3 is 2.68 bits per heavy atom. The van der Waals surface area contributed by atoms with Gasteiger partial charge in [0.1, 0.15) is 0 Å². The quantitative estimate of drug-likeness (QED) is 0.697. The Kier molecular flexibility index (Phi) is 7.32. The molecule has 0 heterocycles. The summed E-state index contributed by atoms with van der Waals surface area (Å²) < 4.78 is 25.3. The average molecular weight is 385 g/mol. The van der Waals surface area contributed by atoms with Gasteiger partial charge in [0.25, 0.3) is 0 Å². The number of hydrogen-bond donors (Lipinski definition) is 1. The fraction of sp³-hybridized carbons (Fsp3) is 0.500. The van der Waals surface area contributed by atoms with Crippen molar-refractivity contribution in [1.82, 2.24) is 5.32 Å². The molecule has 0 radical (unpaired) electrons. The van der Waals surface area contributed by atoms with Crippen LogP contribution in [-0.4, -0.2) is 33.7 Å². The molecule has 0 saturated heterocycles. The number of carbonyl (C=O) groups is 1. The van der Waals surface area contributed by atoms with E-state index in [2.05, 4.69) is 11.4 Å². The van der Waals surface area contributed by atoms with Gasteiger partial charge >= 0.3 is 0 Å². The first-order chi connectivity index (χ1) is 11.9. The summed E-state index contributed by atoms with van der Waals surface area (Å²) in [7, 11) is -3.51. The van der Waals surface area contributed by atoms with Crippen molar-refractivity contribution in [3.8, 4) is 0 Å². The molecule has 1 aliphatic rings. The third-order valence-corrected chi connectivity index (χ3v) is 5.72. The molecule has 1 aliphatic carbocycles. The van der Waals surface area contributed by atoms with Crippen LogP contribution in [0.5, 0.6) is 0 Å². The van der Waals surface area contributed by atoms with Crippen LogP contribution >= 0.6 is 11.6 Å². The molecule has 0 aliphatic heterocycles. The second-order valence-electron chi connectivity index (χ2n) is 6.24. The van der Waals surface area contributed by atoms with Gasteiger partial charge in [0, 0.05) is 19.5 Å². The summed E-state index contributed by atoms with van der Waals surface area (Å²) in [6.07, 6.45) is 9.06. The van der Waals surface area contributed by atoms with Gasteiger partial charge in [-0.25, -0.2) is 8.42 Å². The van der Waals surface area contributed by atoms with Crippen LogP contribution in [0.3, 0.4) is 0 Å². The number of nitrogens with zero attached hydrogens (tertiary/aromatic N) is 1. The van der Waals surface area contributed by atoms with E-state index in [0.717, 1.165) is 25.5 Å². The SMILES string of the molecule is CS(=O)(=O)N(CCC(=O)NCCC1=CCCCC1)c1ccccc1Cl. The molecule has 2 rings (SSSR count). The number of amides is 1. The molecule has 0 fully saturated rings. The van der Waals surface area contributed by atoms with Crippen LogP contribution in [0.2, 0.25) is 5.02 Å². The van der Waals surface area contributed by atoms with Crippen molar-refractivity contribution in [2.45, 2.75) is 38.5 Å². The van der Waals surface area contributed by atoms with Crippen molar-refractivity contribution in [1.29, 1.82) is 0 Å². The van der Waals surface area contributed by atoms with Crippen LogP contribution in [0.1, 0.15) is 38.5 Å². The normalized spacial score (nSPS) is 14.7. The van der Waals surface area contributed by atoms with Crippen molar-refractivity contribution < 1.29 is 13.2 Å². The van der Waals surface area contributed by atoms with Gasteiger partial charge in [-0.05, 0) is 44.2 Å². The van der Waals surface area contributed by atoms with E-state index in [1.54, 1.807) is 24.3 Å². The van der Waals surface area contributed by atoms with E-state index >= 15 is 0 Å². The maximum atomic E-state index is 12.0. The van der Waals surface area contributed by atoms with E-state index in [-0.39, 0.29) is 18.9 Å². The molecule has 0 saturated carbocycles. The predicted molar refractivity (Wildman–Crippen MR) is 102 cm³/mol. The van der Waals surface area contributed by atoms with Crippen LogP contribution in [0.25, 0.3) is 0 Å². The Morgan fingerprint density at radius 2 is 2.04 bits per heavy atom. The Hall–Kier alpha value is -1.53. The van der Waals surface area contributed by atoms with Crippen molar-refractivity contribution >= 4 is 33.2 Å². The zero-order chi connectivity index (χ0) is 18.3. The molecule has 0 unspecified atom stereocenters. The second-order valence-corrected chi connectivity index (χ2v) is 8.56. The Bertz CT molecular complexity index is 732. The number of nitrogens with one attached hydrogen (secondary N) is 1. The van der Waals surface area contributed by atoms with Gasteiger partial charge in [-0.3, -0.25) is 9.10 Å². The first-order valence-corrected chi connectivity index (χ1v) is 10.8. The van der Waals surface area contributed by atoms with Crippen LogP contribution < -0.4 is 9.62 Å². The third kappa shape index (κ3) is 6.36. The molecular weight excluding hydrogens is 360 g/mol. The minimum Gasteiger partial charge on any atom is -0.356 e. The molecule has 1 aromatic carbocycles. The van der Waals surface area contributed by atoms with Gasteiger partial charge in [0.05, 0.1) is 17.0 Å². The highest BCUT2D eigenvalue weighted by Gasteiger charge is 2.20. The van der Waals surface area contributed by atoms with E-state index in [9.17, 15) is 13.2 Å². The highest BCUT2D eigenvalue weighted by atomic mass is 35.5. The number of anilines is 1. The molecule has 1 N–H and O–H groups in total. The van der Waals surface area contributed by atoms with Crippen LogP contribution in [0, 0.1) is 0 Å². The highest BCUT2D eigenvalue weighted by Crippen LogP contribution is 2.27. The van der Waals surface area contributed by atoms with Crippen molar-refractivity contribution in [2.24, 2.45) is 0 Å². The fourth-order valence-corrected chi connectivity index (χ4v) is 4.13. The molecule has 5 nitrogen and oxygen atoms in total. The van der Waals surface area contributed by atoms with E-state index in [1.165, 1.54) is 22.7 Å². The Labute approximate surface area is 155 Å². The van der Waals surface area contributed by atoms with Gasteiger partial charge in [-0.2, -0.15) is 0 Å². The highest BCUT2D eigenvalue weighted by molar-refractivity contribution is 7.92. The van der Waals surface area contributed by atoms with Crippen LogP contribution in [0.15, 0.2) is 35.9 Å². The lowest BCUT2D eigenvalue weighted by Crippen LogP contribution is -2.35. The molecule has 138 valence electrons. The van der Waals surface area contributed by atoms with Gasteiger partial charge < -0.3 is 5.32 Å². The summed E-state index contributed by atoms with van der Waals surface area (Å²) in [6.45, 7) is 0.659. The molecule has 25 heavy (non-hydrogen) atoms. The van der Waals surface area contributed by atoms with E-state index in [1.807, 2.05) is 0 Å². The summed E-state index contributed by atoms with van der Waals surface area (Å²) >= 11 is 6.10. The lowest BCUT2D eigenvalue weighted by Gasteiger charge is -2.23. The summed E-state index contributed by atoms with van der Waals surface area (Å²) in [5, 5.41) is 3.21. The van der Waals surface area contributed by atoms with E-state index in [0.29, 0.717) is 17.3 Å². The first kappa shape index (κ1) is 19.8. The number of hydrogen-bond acceptors (Lipinski definition) is 3. The van der Waals surface area contributed by atoms with Crippen LogP contribution in [-0.2, 0) is 14.8 Å². The van der Waals surface area contributed by atoms with Crippen LogP contribution in [0.4, 0.5) is 5.69 Å². The maximum Gasteiger partial charge on any atom is 0.232 e. The third-order valence-electron chi connectivity index (χ3n) is 4.22. The summed E-state index contributed by atoms with van der Waals surface area (Å²) in [5.41, 5.74) is 1.80. The molecule has 1 aromatic rings. The lowest BCUT2D eigenvalue weighted by molar-refractivity contribution is -0.120. The number of para-hydroxylation sites is 1. The van der Waals surface area contributed by atoms with Crippen molar-refractivity contribution in [3.63, 3.8) is 0 Å². The number of benzene rings is 1. The van der Waals surface area contributed by atoms with Gasteiger partial charge in [-0.1, -0.05) is 35.4 Å². The number of carbonyl (C=O) groups excluding carboxylic acids is 1. The smallest absolute Gasteiger partial charge is 0.232 e. The molecule has 0 bridgehead atoms. The topological polar surface area (TPSA) is 66.5 Å². The minimum atomic E-state index is -3.51. The largest absolute Gasteiger partial charge is 0.356 e. The fourth-order valence-electron chi connectivity index (χ4n) is 2.90. The van der Waals surface area contributed by atoms with E-state index in [4.69, 9.17) is 11.6 Å². The van der Waals surface area contributed by atoms with Gasteiger partial charge in [-0.15, -0.1) is 0 Å². The Morgan fingerprint density at radius 1 is 1.28 bits per heavy atom. The molecule has 1 amide bonds. The lowest BCUT2D eigenvalue weighted by atomic mass is 9.97. The first-order valence-electron chi connectivity index (χ1n) is 8.55. The molecule has 0 spiro atoms. The maximum absolute atomic E-state index is 12.0. The minimum absolute atomic E-state index is 0.0666. The molecule has 0 aromatic heterocycles. The monoisotopic (exact) mass is 384 g/mol. The van der Waals surface area contributed by atoms with Crippen molar-refractivity contribution in [3.05, 3.63) is 40.9 Å². The zero-order valence-corrected chi connectivity index (χ0v) is 16.1. The molecule has 0 atom stereocenters. The number of halogens is 1. The molecule has 7 heteroatoms. The second kappa shape index (κ2) is 9.25. The standard InChI is InChI=1S/C18H25ClN2O3S/c1-25(23,24)21(17-10-6-5-9-16(17)19)14-12-18(22)20-13-11-15-7-3-2-4-8-15/h5-7,9-10H,2-4,8,11-14H2,1H3,(H,20,22). The van der Waals surface area contributed by atoms with Crippen molar-refractivity contribution in [2.75, 3.05) is 23.7 Å². The Balaban J connectivity index is 1.87. The predicted octanol–water partition coefficient (Wildman–Crippen LogP) is 3.50. The summed E-state index contributed by atoms with van der Waals surface area (Å²) in [5.74, 6) is -0.155. The van der Waals surface area contributed by atoms with Gasteiger partial charge in [0.2, 0.25) is 15.9 Å². The van der Waals surface area contributed by atoms with E-state index < -0.39 is 10.0 Å². The molecular formula is C18H25ClN2O3S. The number of rotatable bonds is 8. The summed E-state index contributed by atoms with van der Waals surface area (Å²) in [4.78, 5) is 12.0. The van der Waals surface area contributed by atoms with Gasteiger partial charge in [0.15, 0.2) is 0 Å². The number of allylic oxidation sites excluding steroid dienone is 1. The average Bonchev–Trinajstić information content (AvgIpc) is 2.56. The zero-order valence-electron chi connectivity index (χ0n) is 14.5. The number of sulfonamides is 1.